The van der Waals surface area contributed by atoms with Gasteiger partial charge < -0.3 is 9.42 Å². The van der Waals surface area contributed by atoms with Crippen molar-refractivity contribution in [3.05, 3.63) is 71.4 Å². The Bertz CT molecular complexity index is 856. The number of nitrogens with zero attached hydrogens (tertiary/aromatic N) is 5. The van der Waals surface area contributed by atoms with Crippen molar-refractivity contribution in [2.75, 3.05) is 14.1 Å². The molecule has 0 spiro atoms. The van der Waals surface area contributed by atoms with Gasteiger partial charge in [-0.25, -0.2) is 0 Å². The lowest BCUT2D eigenvalue weighted by atomic mass is 10.2. The molecule has 0 radical (unpaired) electrons. The molecule has 0 aliphatic carbocycles. The van der Waals surface area contributed by atoms with Crippen molar-refractivity contribution in [1.29, 1.82) is 0 Å². The Balaban J connectivity index is 1.57. The second-order valence-corrected chi connectivity index (χ2v) is 6.52. The predicted molar refractivity (Wildman–Crippen MR) is 97.1 cm³/mol. The fourth-order valence-corrected chi connectivity index (χ4v) is 2.80. The van der Waals surface area contributed by atoms with Crippen LogP contribution in [0.3, 0.4) is 0 Å². The lowest BCUT2D eigenvalue weighted by Crippen LogP contribution is -2.26. The van der Waals surface area contributed by atoms with Crippen molar-refractivity contribution in [3.8, 4) is 0 Å². The zero-order valence-corrected chi connectivity index (χ0v) is 15.3. The molecule has 1 aromatic carbocycles. The average Bonchev–Trinajstić information content (AvgIpc) is 3.24. The first-order chi connectivity index (χ1) is 12.5. The lowest BCUT2D eigenvalue weighted by Gasteiger charge is -2.14. The highest BCUT2D eigenvalue weighted by molar-refractivity contribution is 5.92. The van der Waals surface area contributed by atoms with E-state index in [-0.39, 0.29) is 5.91 Å². The van der Waals surface area contributed by atoms with E-state index in [1.54, 1.807) is 28.9 Å². The fraction of sp³-hybridized carbons (Fsp3) is 0.316. The van der Waals surface area contributed by atoms with Crippen molar-refractivity contribution < 1.29 is 9.32 Å². The largest absolute Gasteiger partial charge is 0.359 e. The van der Waals surface area contributed by atoms with Crippen LogP contribution < -0.4 is 0 Å². The predicted octanol–water partition coefficient (Wildman–Crippen LogP) is 2.31. The summed E-state index contributed by atoms with van der Waals surface area (Å²) in [5.41, 5.74) is 2.51. The fourth-order valence-electron chi connectivity index (χ4n) is 2.80. The van der Waals surface area contributed by atoms with E-state index in [1.165, 1.54) is 5.56 Å². The quantitative estimate of drug-likeness (QED) is 0.652. The normalized spacial score (nSPS) is 11.1. The van der Waals surface area contributed by atoms with Crippen LogP contribution in [0.5, 0.6) is 0 Å². The van der Waals surface area contributed by atoms with Gasteiger partial charge in [-0.2, -0.15) is 5.10 Å². The Morgan fingerprint density at radius 2 is 1.88 bits per heavy atom. The van der Waals surface area contributed by atoms with Gasteiger partial charge in [0.15, 0.2) is 11.5 Å². The summed E-state index contributed by atoms with van der Waals surface area (Å²) in [6.45, 7) is 1.86. The minimum absolute atomic E-state index is 0.172. The maximum Gasteiger partial charge on any atom is 0.276 e. The van der Waals surface area contributed by atoms with Gasteiger partial charge in [0, 0.05) is 45.0 Å². The first kappa shape index (κ1) is 17.9. The number of hydrogen-bond donors (Lipinski definition) is 0. The molecule has 0 saturated carbocycles. The molecule has 0 unspecified atom stereocenters. The molecule has 0 N–H and O–H groups in total. The number of rotatable bonds is 7. The summed E-state index contributed by atoms with van der Waals surface area (Å²) in [5.74, 6) is 0.496. The van der Waals surface area contributed by atoms with Crippen LogP contribution in [0, 0.1) is 0 Å². The van der Waals surface area contributed by atoms with Crippen molar-refractivity contribution in [1.82, 2.24) is 24.7 Å². The molecule has 26 heavy (non-hydrogen) atoms. The molecule has 0 bridgehead atoms. The van der Waals surface area contributed by atoms with E-state index < -0.39 is 0 Å². The van der Waals surface area contributed by atoms with Crippen molar-refractivity contribution in [2.45, 2.75) is 19.6 Å². The third kappa shape index (κ3) is 4.58. The second kappa shape index (κ2) is 7.97. The van der Waals surface area contributed by atoms with Gasteiger partial charge in [-0.05, 0) is 12.6 Å². The van der Waals surface area contributed by atoms with Crippen LogP contribution >= 0.6 is 0 Å². The number of hydrogen-bond acceptors (Lipinski definition) is 5. The van der Waals surface area contributed by atoms with Gasteiger partial charge in [-0.15, -0.1) is 0 Å². The van der Waals surface area contributed by atoms with Gasteiger partial charge in [-0.3, -0.25) is 14.4 Å². The van der Waals surface area contributed by atoms with E-state index in [2.05, 4.69) is 27.3 Å². The average molecular weight is 353 g/mol. The van der Waals surface area contributed by atoms with Crippen LogP contribution in [0.1, 0.15) is 27.4 Å². The lowest BCUT2D eigenvalue weighted by molar-refractivity contribution is 0.0774. The Kier molecular flexibility index (Phi) is 5.48. The molecule has 0 fully saturated rings. The van der Waals surface area contributed by atoms with E-state index >= 15 is 0 Å². The monoisotopic (exact) mass is 353 g/mol. The zero-order chi connectivity index (χ0) is 18.5. The number of aryl methyl sites for hydroxylation is 1. The van der Waals surface area contributed by atoms with Crippen molar-refractivity contribution >= 4 is 5.91 Å². The van der Waals surface area contributed by atoms with Crippen LogP contribution in [-0.2, 0) is 26.7 Å². The summed E-state index contributed by atoms with van der Waals surface area (Å²) >= 11 is 0. The van der Waals surface area contributed by atoms with Crippen LogP contribution in [0.15, 0.2) is 53.3 Å². The number of carbonyl (C=O) groups is 1. The van der Waals surface area contributed by atoms with Gasteiger partial charge in [0.1, 0.15) is 0 Å². The molecule has 1 amide bonds. The molecule has 7 heteroatoms. The summed E-state index contributed by atoms with van der Waals surface area (Å²) in [6.07, 6.45) is 3.63. The summed E-state index contributed by atoms with van der Waals surface area (Å²) in [4.78, 5) is 16.2. The van der Waals surface area contributed by atoms with Gasteiger partial charge in [-0.1, -0.05) is 35.5 Å². The van der Waals surface area contributed by atoms with E-state index in [1.807, 2.05) is 38.5 Å². The van der Waals surface area contributed by atoms with Gasteiger partial charge in [0.2, 0.25) is 0 Å². The number of amides is 1. The molecule has 2 aromatic heterocycles. The van der Waals surface area contributed by atoms with E-state index in [4.69, 9.17) is 4.52 Å². The topological polar surface area (TPSA) is 67.4 Å². The Morgan fingerprint density at radius 1 is 1.12 bits per heavy atom. The number of carbonyl (C=O) groups excluding carboxylic acids is 1. The van der Waals surface area contributed by atoms with Crippen molar-refractivity contribution in [3.63, 3.8) is 0 Å². The number of benzene rings is 1. The summed E-state index contributed by atoms with van der Waals surface area (Å²) < 4.78 is 7.06. The third-order valence-corrected chi connectivity index (χ3v) is 4.02. The number of aromatic nitrogens is 3. The SMILES string of the molecule is CN(Cc1ccccc1)Cc1cc(C(=O)N(C)Cc2cnn(C)c2)no1. The Labute approximate surface area is 152 Å². The minimum Gasteiger partial charge on any atom is -0.359 e. The molecule has 0 aliphatic rings. The smallest absolute Gasteiger partial charge is 0.276 e. The highest BCUT2D eigenvalue weighted by Crippen LogP contribution is 2.12. The molecular formula is C19H23N5O2. The molecule has 0 saturated heterocycles. The highest BCUT2D eigenvalue weighted by Gasteiger charge is 2.18. The minimum atomic E-state index is -0.172. The summed E-state index contributed by atoms with van der Waals surface area (Å²) in [5, 5.41) is 8.04. The molecule has 0 atom stereocenters. The van der Waals surface area contributed by atoms with Crippen LogP contribution in [0.2, 0.25) is 0 Å². The summed E-state index contributed by atoms with van der Waals surface area (Å²) in [6, 6.07) is 11.9. The first-order valence-corrected chi connectivity index (χ1v) is 8.42. The Morgan fingerprint density at radius 3 is 2.58 bits per heavy atom. The van der Waals surface area contributed by atoms with Crippen LogP contribution in [0.4, 0.5) is 0 Å². The van der Waals surface area contributed by atoms with Crippen LogP contribution in [0.25, 0.3) is 0 Å². The summed E-state index contributed by atoms with van der Waals surface area (Å²) in [7, 11) is 5.60. The highest BCUT2D eigenvalue weighted by atomic mass is 16.5. The van der Waals surface area contributed by atoms with E-state index in [0.717, 1.165) is 12.1 Å². The third-order valence-electron chi connectivity index (χ3n) is 4.02. The standard InChI is InChI=1S/C19H23N5O2/c1-22(11-15-7-5-4-6-8-15)14-17-9-18(21-26-17)19(25)23(2)12-16-10-20-24(3)13-16/h4-10,13H,11-12,14H2,1-3H3. The van der Waals surface area contributed by atoms with Gasteiger partial charge >= 0.3 is 0 Å². The van der Waals surface area contributed by atoms with E-state index in [0.29, 0.717) is 24.5 Å². The maximum atomic E-state index is 12.5. The van der Waals surface area contributed by atoms with E-state index in [9.17, 15) is 4.79 Å². The van der Waals surface area contributed by atoms with Gasteiger partial charge in [0.05, 0.1) is 12.7 Å². The first-order valence-electron chi connectivity index (χ1n) is 8.42. The van der Waals surface area contributed by atoms with Gasteiger partial charge in [0.25, 0.3) is 5.91 Å². The molecular weight excluding hydrogens is 330 g/mol. The maximum absolute atomic E-state index is 12.5. The molecule has 3 rings (SSSR count). The second-order valence-electron chi connectivity index (χ2n) is 6.52. The molecule has 0 aliphatic heterocycles. The Hall–Kier alpha value is -2.93. The molecule has 136 valence electrons. The zero-order valence-electron chi connectivity index (χ0n) is 15.3. The molecule has 7 nitrogen and oxygen atoms in total. The molecule has 2 heterocycles. The van der Waals surface area contributed by atoms with Crippen molar-refractivity contribution in [2.24, 2.45) is 7.05 Å². The van der Waals surface area contributed by atoms with Crippen LogP contribution in [-0.4, -0.2) is 44.7 Å². The molecule has 3 aromatic rings.